The molecule has 0 radical (unpaired) electrons. The number of aliphatic hydroxyl groups is 1. The summed E-state index contributed by atoms with van der Waals surface area (Å²) in [6, 6.07) is 5.22. The molecule has 0 bridgehead atoms. The molecule has 1 saturated heterocycles. The molecule has 0 spiro atoms. The van der Waals surface area contributed by atoms with Gasteiger partial charge in [-0.1, -0.05) is 0 Å². The van der Waals surface area contributed by atoms with Gasteiger partial charge in [0.25, 0.3) is 0 Å². The highest BCUT2D eigenvalue weighted by molar-refractivity contribution is 5.58. The maximum atomic E-state index is 12.9. The molecule has 4 rings (SSSR count). The lowest BCUT2D eigenvalue weighted by Crippen LogP contribution is -2.50. The minimum atomic E-state index is -4.44. The standard InChI is InChI=1S/C23H32F3N5O/c1-16(2)31-21(14-20(28-31)18-4-6-22(27-15-18)23(24,25)26)17-3-5-19(13-17)30-9-7-29(8-10-30)11-12-32/h4,6,14-17,19,32H,3,5,7-13H2,1-2H3/t17-,19+/m1/s1. The van der Waals surface area contributed by atoms with Crippen molar-refractivity contribution in [2.24, 2.45) is 0 Å². The molecule has 2 fully saturated rings. The molecule has 6 nitrogen and oxygen atoms in total. The molecule has 2 atom stereocenters. The van der Waals surface area contributed by atoms with Crippen LogP contribution in [0, 0.1) is 0 Å². The summed E-state index contributed by atoms with van der Waals surface area (Å²) in [5.41, 5.74) is 1.56. The van der Waals surface area contributed by atoms with Crippen LogP contribution < -0.4 is 0 Å². The summed E-state index contributed by atoms with van der Waals surface area (Å²) in [4.78, 5) is 8.48. The number of piperazine rings is 1. The molecule has 0 aromatic carbocycles. The quantitative estimate of drug-likeness (QED) is 0.724. The third-order valence-corrected chi connectivity index (χ3v) is 6.77. The summed E-state index contributed by atoms with van der Waals surface area (Å²) in [6.45, 7) is 9.17. The minimum Gasteiger partial charge on any atom is -0.395 e. The van der Waals surface area contributed by atoms with Gasteiger partial charge in [-0.25, -0.2) is 0 Å². The fourth-order valence-corrected chi connectivity index (χ4v) is 5.03. The number of nitrogens with zero attached hydrogens (tertiary/aromatic N) is 5. The molecule has 32 heavy (non-hydrogen) atoms. The van der Waals surface area contributed by atoms with Crippen molar-refractivity contribution in [1.29, 1.82) is 0 Å². The maximum absolute atomic E-state index is 12.9. The van der Waals surface area contributed by atoms with E-state index in [4.69, 9.17) is 10.2 Å². The van der Waals surface area contributed by atoms with E-state index in [0.717, 1.165) is 63.7 Å². The number of hydrogen-bond donors (Lipinski definition) is 1. The van der Waals surface area contributed by atoms with Crippen LogP contribution in [0.4, 0.5) is 13.2 Å². The molecular weight excluding hydrogens is 419 g/mol. The molecule has 0 unspecified atom stereocenters. The first-order valence-corrected chi connectivity index (χ1v) is 11.5. The number of aromatic nitrogens is 3. The van der Waals surface area contributed by atoms with Gasteiger partial charge in [0, 0.05) is 68.2 Å². The second-order valence-electron chi connectivity index (χ2n) is 9.19. The van der Waals surface area contributed by atoms with E-state index in [1.807, 2.05) is 10.7 Å². The third kappa shape index (κ3) is 5.00. The normalized spacial score (nSPS) is 23.3. The average molecular weight is 452 g/mol. The number of alkyl halides is 3. The zero-order valence-electron chi connectivity index (χ0n) is 18.7. The van der Waals surface area contributed by atoms with Crippen molar-refractivity contribution < 1.29 is 18.3 Å². The van der Waals surface area contributed by atoms with E-state index in [9.17, 15) is 13.2 Å². The number of pyridine rings is 1. The van der Waals surface area contributed by atoms with Gasteiger partial charge in [-0.2, -0.15) is 18.3 Å². The molecule has 0 amide bonds. The van der Waals surface area contributed by atoms with Gasteiger partial charge in [0.15, 0.2) is 0 Å². The first-order chi connectivity index (χ1) is 15.3. The summed E-state index contributed by atoms with van der Waals surface area (Å²) < 4.78 is 40.6. The van der Waals surface area contributed by atoms with E-state index in [-0.39, 0.29) is 12.6 Å². The first kappa shape index (κ1) is 23.2. The fraction of sp³-hybridized carbons (Fsp3) is 0.652. The molecule has 9 heteroatoms. The monoisotopic (exact) mass is 451 g/mol. The van der Waals surface area contributed by atoms with Crippen molar-refractivity contribution in [3.8, 4) is 11.3 Å². The Hall–Kier alpha value is -1.97. The van der Waals surface area contributed by atoms with Crippen LogP contribution in [-0.2, 0) is 6.18 Å². The molecule has 1 saturated carbocycles. The Labute approximate surface area is 187 Å². The van der Waals surface area contributed by atoms with Crippen molar-refractivity contribution in [2.45, 2.75) is 57.3 Å². The van der Waals surface area contributed by atoms with E-state index in [1.54, 1.807) is 0 Å². The van der Waals surface area contributed by atoms with Gasteiger partial charge < -0.3 is 5.11 Å². The molecular formula is C23H32F3N5O. The van der Waals surface area contributed by atoms with E-state index in [1.165, 1.54) is 12.3 Å². The average Bonchev–Trinajstić information content (AvgIpc) is 3.42. The summed E-state index contributed by atoms with van der Waals surface area (Å²) in [7, 11) is 0. The van der Waals surface area contributed by atoms with Crippen LogP contribution >= 0.6 is 0 Å². The fourth-order valence-electron chi connectivity index (χ4n) is 5.03. The molecule has 1 aliphatic carbocycles. The van der Waals surface area contributed by atoms with Gasteiger partial charge >= 0.3 is 6.18 Å². The first-order valence-electron chi connectivity index (χ1n) is 11.5. The zero-order chi connectivity index (χ0) is 22.9. The maximum Gasteiger partial charge on any atom is 0.433 e. The van der Waals surface area contributed by atoms with Crippen LogP contribution in [0.15, 0.2) is 24.4 Å². The van der Waals surface area contributed by atoms with Gasteiger partial charge in [0.05, 0.1) is 12.3 Å². The highest BCUT2D eigenvalue weighted by Crippen LogP contribution is 2.39. The van der Waals surface area contributed by atoms with Crippen molar-refractivity contribution in [1.82, 2.24) is 24.6 Å². The second kappa shape index (κ2) is 9.49. The minimum absolute atomic E-state index is 0.169. The Morgan fingerprint density at radius 3 is 2.47 bits per heavy atom. The number of halogens is 3. The topological polar surface area (TPSA) is 57.4 Å². The van der Waals surface area contributed by atoms with E-state index in [2.05, 4.69) is 28.6 Å². The summed E-state index contributed by atoms with van der Waals surface area (Å²) >= 11 is 0. The Balaban J connectivity index is 1.48. The van der Waals surface area contributed by atoms with Crippen LogP contribution in [0.5, 0.6) is 0 Å². The lowest BCUT2D eigenvalue weighted by Gasteiger charge is -2.38. The van der Waals surface area contributed by atoms with Crippen molar-refractivity contribution in [2.75, 3.05) is 39.3 Å². The Bertz CT molecular complexity index is 888. The van der Waals surface area contributed by atoms with Crippen LogP contribution in [0.25, 0.3) is 11.3 Å². The predicted octanol–water partition coefficient (Wildman–Crippen LogP) is 3.79. The number of β-amino-alcohol motifs (C(OH)–C–C–N with tert-alkyl or cyclic N) is 1. The number of rotatable bonds is 6. The van der Waals surface area contributed by atoms with Crippen LogP contribution in [0.3, 0.4) is 0 Å². The smallest absolute Gasteiger partial charge is 0.395 e. The third-order valence-electron chi connectivity index (χ3n) is 6.77. The van der Waals surface area contributed by atoms with Gasteiger partial charge in [-0.15, -0.1) is 0 Å². The highest BCUT2D eigenvalue weighted by atomic mass is 19.4. The van der Waals surface area contributed by atoms with E-state index in [0.29, 0.717) is 23.2 Å². The Kier molecular flexibility index (Phi) is 6.88. The lowest BCUT2D eigenvalue weighted by molar-refractivity contribution is -0.141. The summed E-state index contributed by atoms with van der Waals surface area (Å²) in [6.07, 6.45) is 0.130. The van der Waals surface area contributed by atoms with E-state index >= 15 is 0 Å². The predicted molar refractivity (Wildman–Crippen MR) is 116 cm³/mol. The highest BCUT2D eigenvalue weighted by Gasteiger charge is 2.34. The summed E-state index contributed by atoms with van der Waals surface area (Å²) in [5, 5.41) is 13.9. The molecule has 176 valence electrons. The van der Waals surface area contributed by atoms with Crippen LogP contribution in [0.1, 0.15) is 56.5 Å². The van der Waals surface area contributed by atoms with Gasteiger partial charge in [-0.3, -0.25) is 19.5 Å². The van der Waals surface area contributed by atoms with Gasteiger partial charge in [0.2, 0.25) is 0 Å². The number of aliphatic hydroxyl groups excluding tert-OH is 1. The second-order valence-corrected chi connectivity index (χ2v) is 9.19. The van der Waals surface area contributed by atoms with E-state index < -0.39 is 11.9 Å². The van der Waals surface area contributed by atoms with Crippen LogP contribution in [-0.4, -0.2) is 75.0 Å². The SMILES string of the molecule is CC(C)n1nc(-c2ccc(C(F)(F)F)nc2)cc1[C@@H]1CC[C@H](N2CCN(CCO)CC2)C1. The molecule has 2 aromatic rings. The molecule has 2 aliphatic rings. The zero-order valence-corrected chi connectivity index (χ0v) is 18.7. The van der Waals surface area contributed by atoms with Crippen molar-refractivity contribution in [3.05, 3.63) is 35.8 Å². The summed E-state index contributed by atoms with van der Waals surface area (Å²) in [5.74, 6) is 0.390. The lowest BCUT2D eigenvalue weighted by atomic mass is 10.0. The Morgan fingerprint density at radius 2 is 1.88 bits per heavy atom. The molecule has 3 heterocycles. The number of hydrogen-bond acceptors (Lipinski definition) is 5. The van der Waals surface area contributed by atoms with Crippen molar-refractivity contribution >= 4 is 0 Å². The van der Waals surface area contributed by atoms with Gasteiger partial charge in [-0.05, 0) is 51.3 Å². The molecule has 1 aliphatic heterocycles. The van der Waals surface area contributed by atoms with Crippen LogP contribution in [0.2, 0.25) is 0 Å². The Morgan fingerprint density at radius 1 is 1.12 bits per heavy atom. The molecule has 2 aromatic heterocycles. The largest absolute Gasteiger partial charge is 0.433 e. The van der Waals surface area contributed by atoms with Gasteiger partial charge in [0.1, 0.15) is 5.69 Å². The van der Waals surface area contributed by atoms with Crippen molar-refractivity contribution in [3.63, 3.8) is 0 Å². The molecule has 1 N–H and O–H groups in total.